The van der Waals surface area contributed by atoms with E-state index in [9.17, 15) is 8.42 Å². The Morgan fingerprint density at radius 1 is 1.37 bits per heavy atom. The summed E-state index contributed by atoms with van der Waals surface area (Å²) in [5.41, 5.74) is 1.07. The molecule has 19 heavy (non-hydrogen) atoms. The van der Waals surface area contributed by atoms with E-state index >= 15 is 0 Å². The largest absolute Gasteiger partial charge is 0.265 e. The van der Waals surface area contributed by atoms with Crippen molar-refractivity contribution in [2.45, 2.75) is 10.6 Å². The minimum absolute atomic E-state index is 0.358. The molecule has 0 aliphatic carbocycles. The molecule has 0 fully saturated rings. The second-order valence-corrected chi connectivity index (χ2v) is 8.11. The SMILES string of the molecule is CN(CCc1ccncc1)S(=O)(=O)c1cc(Br)cs1. The second kappa shape index (κ2) is 6.13. The lowest BCUT2D eigenvalue weighted by molar-refractivity contribution is 0.474. The van der Waals surface area contributed by atoms with Crippen LogP contribution in [0.2, 0.25) is 0 Å². The van der Waals surface area contributed by atoms with E-state index < -0.39 is 10.0 Å². The Bertz CT molecular complexity index is 641. The predicted molar refractivity (Wildman–Crippen MR) is 79.8 cm³/mol. The number of pyridine rings is 1. The molecule has 4 nitrogen and oxygen atoms in total. The third kappa shape index (κ3) is 3.62. The van der Waals surface area contributed by atoms with Crippen molar-refractivity contribution in [3.8, 4) is 0 Å². The van der Waals surface area contributed by atoms with E-state index in [0.717, 1.165) is 10.0 Å². The topological polar surface area (TPSA) is 50.3 Å². The summed E-state index contributed by atoms with van der Waals surface area (Å²) >= 11 is 4.49. The van der Waals surface area contributed by atoms with Crippen molar-refractivity contribution in [3.63, 3.8) is 0 Å². The molecule has 0 N–H and O–H groups in total. The molecule has 0 unspecified atom stereocenters. The van der Waals surface area contributed by atoms with Crippen molar-refractivity contribution in [1.82, 2.24) is 9.29 Å². The van der Waals surface area contributed by atoms with Gasteiger partial charge in [-0.25, -0.2) is 8.42 Å². The Labute approximate surface area is 125 Å². The lowest BCUT2D eigenvalue weighted by Crippen LogP contribution is -2.28. The number of rotatable bonds is 5. The Kier molecular flexibility index (Phi) is 4.72. The zero-order chi connectivity index (χ0) is 13.9. The number of nitrogens with zero attached hydrogens (tertiary/aromatic N) is 2. The van der Waals surface area contributed by atoms with Gasteiger partial charge >= 0.3 is 0 Å². The van der Waals surface area contributed by atoms with E-state index in [1.54, 1.807) is 30.9 Å². The highest BCUT2D eigenvalue weighted by Gasteiger charge is 2.22. The van der Waals surface area contributed by atoms with Gasteiger partial charge in [0.2, 0.25) is 0 Å². The third-order valence-electron chi connectivity index (χ3n) is 2.67. The van der Waals surface area contributed by atoms with Gasteiger partial charge in [0, 0.05) is 35.8 Å². The quantitative estimate of drug-likeness (QED) is 0.823. The van der Waals surface area contributed by atoms with E-state index in [0.29, 0.717) is 17.2 Å². The van der Waals surface area contributed by atoms with Crippen LogP contribution in [0.1, 0.15) is 5.56 Å². The van der Waals surface area contributed by atoms with Crippen LogP contribution in [0.25, 0.3) is 0 Å². The van der Waals surface area contributed by atoms with Crippen molar-refractivity contribution in [3.05, 3.63) is 46.0 Å². The molecule has 102 valence electrons. The highest BCUT2D eigenvalue weighted by atomic mass is 79.9. The first kappa shape index (κ1) is 14.6. The smallest absolute Gasteiger partial charge is 0.252 e. The molecule has 2 heterocycles. The van der Waals surface area contributed by atoms with Gasteiger partial charge in [0.1, 0.15) is 4.21 Å². The fourth-order valence-electron chi connectivity index (χ4n) is 1.54. The highest BCUT2D eigenvalue weighted by molar-refractivity contribution is 9.10. The first-order valence-electron chi connectivity index (χ1n) is 5.59. The summed E-state index contributed by atoms with van der Waals surface area (Å²) in [5, 5.41) is 1.77. The molecule has 0 amide bonds. The third-order valence-corrected chi connectivity index (χ3v) is 6.71. The van der Waals surface area contributed by atoms with E-state index in [1.165, 1.54) is 15.6 Å². The lowest BCUT2D eigenvalue weighted by atomic mass is 10.2. The lowest BCUT2D eigenvalue weighted by Gasteiger charge is -2.15. The number of aromatic nitrogens is 1. The summed E-state index contributed by atoms with van der Waals surface area (Å²) in [6.45, 7) is 0.446. The Balaban J connectivity index is 2.05. The molecular formula is C12H13BrN2O2S2. The van der Waals surface area contributed by atoms with E-state index in [-0.39, 0.29) is 0 Å². The molecule has 0 aromatic carbocycles. The number of thiophene rings is 1. The molecule has 0 saturated carbocycles. The fourth-order valence-corrected chi connectivity index (χ4v) is 4.77. The van der Waals surface area contributed by atoms with Gasteiger partial charge < -0.3 is 0 Å². The number of likely N-dealkylation sites (N-methyl/N-ethyl adjacent to an activating group) is 1. The van der Waals surface area contributed by atoms with Gasteiger partial charge in [0.15, 0.2) is 0 Å². The normalized spacial score (nSPS) is 11.9. The predicted octanol–water partition coefficient (Wildman–Crippen LogP) is 2.77. The first-order valence-corrected chi connectivity index (χ1v) is 8.70. The van der Waals surface area contributed by atoms with Gasteiger partial charge in [-0.3, -0.25) is 4.98 Å². The van der Waals surface area contributed by atoms with Crippen LogP contribution in [0.5, 0.6) is 0 Å². The summed E-state index contributed by atoms with van der Waals surface area (Å²) in [5.74, 6) is 0. The van der Waals surface area contributed by atoms with Crippen molar-refractivity contribution in [2.75, 3.05) is 13.6 Å². The summed E-state index contributed by atoms with van der Waals surface area (Å²) in [4.78, 5) is 3.94. The molecule has 2 rings (SSSR count). The van der Waals surface area contributed by atoms with Gasteiger partial charge in [-0.15, -0.1) is 11.3 Å². The number of hydrogen-bond donors (Lipinski definition) is 0. The molecule has 2 aromatic heterocycles. The van der Waals surface area contributed by atoms with Crippen LogP contribution in [0.3, 0.4) is 0 Å². The van der Waals surface area contributed by atoms with Gasteiger partial charge in [-0.05, 0) is 46.1 Å². The standard InChI is InChI=1S/C12H13BrN2O2S2/c1-15(7-4-10-2-5-14-6-3-10)19(16,17)12-8-11(13)9-18-12/h2-3,5-6,8-9H,4,7H2,1H3. The Morgan fingerprint density at radius 3 is 2.63 bits per heavy atom. The Hall–Kier alpha value is -0.760. The van der Waals surface area contributed by atoms with E-state index in [1.807, 2.05) is 12.1 Å². The average Bonchev–Trinajstić information content (AvgIpc) is 2.84. The number of halogens is 1. The zero-order valence-corrected chi connectivity index (χ0v) is 13.5. The first-order chi connectivity index (χ1) is 9.00. The van der Waals surface area contributed by atoms with Crippen LogP contribution < -0.4 is 0 Å². The van der Waals surface area contributed by atoms with Crippen LogP contribution in [0.15, 0.2) is 44.7 Å². The van der Waals surface area contributed by atoms with Gasteiger partial charge in [-0.1, -0.05) is 0 Å². The number of sulfonamides is 1. The zero-order valence-electron chi connectivity index (χ0n) is 10.3. The van der Waals surface area contributed by atoms with Gasteiger partial charge in [0.25, 0.3) is 10.0 Å². The molecule has 0 atom stereocenters. The fraction of sp³-hybridized carbons (Fsp3) is 0.250. The number of hydrogen-bond acceptors (Lipinski definition) is 4. The van der Waals surface area contributed by atoms with E-state index in [4.69, 9.17) is 0 Å². The Morgan fingerprint density at radius 2 is 2.05 bits per heavy atom. The molecule has 0 saturated heterocycles. The average molecular weight is 361 g/mol. The summed E-state index contributed by atoms with van der Waals surface area (Å²) in [6.07, 6.45) is 4.09. The maximum atomic E-state index is 12.3. The second-order valence-electron chi connectivity index (χ2n) is 4.02. The van der Waals surface area contributed by atoms with Gasteiger partial charge in [0.05, 0.1) is 0 Å². The molecule has 0 radical (unpaired) electrons. The van der Waals surface area contributed by atoms with Crippen molar-refractivity contribution in [2.24, 2.45) is 0 Å². The molecule has 2 aromatic rings. The van der Waals surface area contributed by atoms with Crippen molar-refractivity contribution >= 4 is 37.3 Å². The van der Waals surface area contributed by atoms with Crippen LogP contribution in [0, 0.1) is 0 Å². The molecule has 0 spiro atoms. The van der Waals surface area contributed by atoms with Crippen molar-refractivity contribution in [1.29, 1.82) is 0 Å². The van der Waals surface area contributed by atoms with Gasteiger partial charge in [-0.2, -0.15) is 4.31 Å². The monoisotopic (exact) mass is 360 g/mol. The minimum Gasteiger partial charge on any atom is -0.265 e. The van der Waals surface area contributed by atoms with Crippen LogP contribution in [-0.2, 0) is 16.4 Å². The maximum absolute atomic E-state index is 12.3. The summed E-state index contributed by atoms with van der Waals surface area (Å²) in [6, 6.07) is 5.41. The highest BCUT2D eigenvalue weighted by Crippen LogP contribution is 2.26. The van der Waals surface area contributed by atoms with Crippen LogP contribution in [0.4, 0.5) is 0 Å². The summed E-state index contributed by atoms with van der Waals surface area (Å²) in [7, 11) is -1.78. The molecule has 0 aliphatic heterocycles. The maximum Gasteiger partial charge on any atom is 0.252 e. The molecule has 7 heteroatoms. The molecule has 0 aliphatic rings. The van der Waals surface area contributed by atoms with Crippen molar-refractivity contribution < 1.29 is 8.42 Å². The van der Waals surface area contributed by atoms with Crippen LogP contribution in [-0.4, -0.2) is 31.3 Å². The van der Waals surface area contributed by atoms with E-state index in [2.05, 4.69) is 20.9 Å². The van der Waals surface area contributed by atoms with Crippen LogP contribution >= 0.6 is 27.3 Å². The molecular weight excluding hydrogens is 348 g/mol. The minimum atomic E-state index is -3.38. The molecule has 0 bridgehead atoms. The summed E-state index contributed by atoms with van der Waals surface area (Å²) < 4.78 is 27.1.